The molecular weight excluding hydrogens is 713 g/mol. The number of nitrogens with one attached hydrogen (secondary N) is 1. The van der Waals surface area contributed by atoms with Crippen LogP contribution in [-0.4, -0.2) is 90.3 Å². The first-order valence-corrected chi connectivity index (χ1v) is 22.7. The van der Waals surface area contributed by atoms with Gasteiger partial charge in [-0.25, -0.2) is 29.0 Å². The number of amides is 4. The van der Waals surface area contributed by atoms with E-state index in [0.717, 1.165) is 132 Å². The van der Waals surface area contributed by atoms with Crippen LogP contribution in [0.25, 0.3) is 0 Å². The zero-order chi connectivity index (χ0) is 41.9. The molecule has 328 valence electrons. The summed E-state index contributed by atoms with van der Waals surface area (Å²) in [5.74, 6) is 0.0955. The summed E-state index contributed by atoms with van der Waals surface area (Å²) in [4.78, 5) is 66.0. The van der Waals surface area contributed by atoms with Crippen molar-refractivity contribution >= 4 is 24.4 Å². The first-order chi connectivity index (χ1) is 26.7. The Morgan fingerprint density at radius 2 is 1.14 bits per heavy atom. The fourth-order valence-electron chi connectivity index (χ4n) is 6.98. The summed E-state index contributed by atoms with van der Waals surface area (Å²) < 4.78 is 12.0. The Kier molecular flexibility index (Phi) is 26.4. The fraction of sp³-hybridized carbons (Fsp3) is 0.909. The quantitative estimate of drug-likeness (QED) is 0.0327. The number of quaternary nitrogens is 1. The normalized spacial score (nSPS) is 14.6. The first-order valence-electron chi connectivity index (χ1n) is 22.7. The number of hydroxylamine groups is 4. The van der Waals surface area contributed by atoms with Crippen LogP contribution in [0.15, 0.2) is 0 Å². The molecule has 1 unspecified atom stereocenters. The van der Waals surface area contributed by atoms with E-state index < -0.39 is 35.6 Å². The molecule has 0 bridgehead atoms. The predicted molar refractivity (Wildman–Crippen MR) is 224 cm³/mol. The molecular formula is C44H85N4O8+. The lowest BCUT2D eigenvalue weighted by Crippen LogP contribution is -2.49. The number of hydrogen-bond donors (Lipinski definition) is 1. The molecule has 12 nitrogen and oxygen atoms in total. The van der Waals surface area contributed by atoms with Crippen molar-refractivity contribution in [1.82, 2.24) is 15.3 Å². The lowest BCUT2D eigenvalue weighted by atomic mass is 9.87. The maximum atomic E-state index is 13.4. The highest BCUT2D eigenvalue weighted by Crippen LogP contribution is 2.36. The minimum absolute atomic E-state index is 0.0256. The fourth-order valence-corrected chi connectivity index (χ4v) is 6.98. The van der Waals surface area contributed by atoms with Gasteiger partial charge in [-0.15, -0.1) is 4.65 Å². The van der Waals surface area contributed by atoms with Crippen molar-refractivity contribution in [3.63, 3.8) is 0 Å². The monoisotopic (exact) mass is 798 g/mol. The molecule has 0 aromatic rings. The first kappa shape index (κ1) is 51.4. The minimum Gasteiger partial charge on any atom is -0.443 e. The maximum absolute atomic E-state index is 13.4. The maximum Gasteiger partial charge on any atom is 0.473 e. The number of carbonyl (C=O) groups excluding carboxylic acids is 4. The van der Waals surface area contributed by atoms with Gasteiger partial charge in [0.1, 0.15) is 31.8 Å². The van der Waals surface area contributed by atoms with Crippen LogP contribution in [0, 0.1) is 5.92 Å². The van der Waals surface area contributed by atoms with Crippen LogP contribution in [-0.2, 0) is 19.1 Å². The van der Waals surface area contributed by atoms with E-state index in [0.29, 0.717) is 19.5 Å². The van der Waals surface area contributed by atoms with Gasteiger partial charge in [-0.1, -0.05) is 124 Å². The molecule has 1 fully saturated rings. The van der Waals surface area contributed by atoms with Crippen LogP contribution < -0.4 is 5.48 Å². The van der Waals surface area contributed by atoms with Gasteiger partial charge >= 0.3 is 24.4 Å². The number of ether oxygens (including phenoxy) is 2. The highest BCUT2D eigenvalue weighted by molar-refractivity contribution is 5.88. The third-order valence-corrected chi connectivity index (χ3v) is 11.8. The van der Waals surface area contributed by atoms with Crippen molar-refractivity contribution in [2.75, 3.05) is 40.3 Å². The molecule has 12 heteroatoms. The molecule has 0 radical (unpaired) electrons. The van der Waals surface area contributed by atoms with E-state index in [9.17, 15) is 19.2 Å². The second-order valence-corrected chi connectivity index (χ2v) is 17.2. The van der Waals surface area contributed by atoms with Crippen molar-refractivity contribution in [3.8, 4) is 0 Å². The Balaban J connectivity index is 2.54. The molecule has 0 saturated heterocycles. The SMILES string of the molecule is CCCCCCCCCN(C(=O)OC(C)(C)C(C)CCCCCCCCCN(C(=O)ONCCCCCC)C(=O)OC1(CC)CCCC1)C(=O)O[N+](C)(C)CC. The van der Waals surface area contributed by atoms with Crippen molar-refractivity contribution in [1.29, 1.82) is 0 Å². The number of imide groups is 2. The number of hydrogen-bond acceptors (Lipinski definition) is 9. The second-order valence-electron chi connectivity index (χ2n) is 17.2. The zero-order valence-electron chi connectivity index (χ0n) is 37.5. The molecule has 0 aromatic heterocycles. The van der Waals surface area contributed by atoms with Gasteiger partial charge in [0.15, 0.2) is 0 Å². The average molecular weight is 798 g/mol. The van der Waals surface area contributed by atoms with E-state index in [4.69, 9.17) is 19.1 Å². The molecule has 0 aliphatic heterocycles. The van der Waals surface area contributed by atoms with Gasteiger partial charge in [0, 0.05) is 19.6 Å². The van der Waals surface area contributed by atoms with Crippen molar-refractivity contribution in [2.24, 2.45) is 5.92 Å². The standard InChI is InChI=1S/C44H85N4O8/c1-10-14-16-18-21-24-31-37-47(42(52)56-48(8,9)13-4)39(49)53-43(6,7)38(5)32-26-23-20-19-22-25-30-36-46(41(51)55-45-35-29-17-15-11-2)40(50)54-44(12-3)33-27-28-34-44/h38,45H,10-37H2,1-9H3/q+1. The molecule has 4 amide bonds. The summed E-state index contributed by atoms with van der Waals surface area (Å²) in [6.45, 7) is 16.0. The number of carbonyl (C=O) groups is 4. The summed E-state index contributed by atoms with van der Waals surface area (Å²) in [5.41, 5.74) is 1.51. The van der Waals surface area contributed by atoms with Crippen molar-refractivity contribution in [3.05, 3.63) is 0 Å². The average Bonchev–Trinajstić information content (AvgIpc) is 3.62. The topological polar surface area (TPSA) is 124 Å². The van der Waals surface area contributed by atoms with E-state index in [1.165, 1.54) is 25.7 Å². The van der Waals surface area contributed by atoms with E-state index in [2.05, 4.69) is 26.3 Å². The van der Waals surface area contributed by atoms with Crippen LogP contribution in [0.2, 0.25) is 0 Å². The van der Waals surface area contributed by atoms with Crippen LogP contribution in [0.5, 0.6) is 0 Å². The van der Waals surface area contributed by atoms with Gasteiger partial charge in [0.2, 0.25) is 0 Å². The largest absolute Gasteiger partial charge is 0.473 e. The van der Waals surface area contributed by atoms with Crippen molar-refractivity contribution < 1.29 is 43.0 Å². The molecule has 56 heavy (non-hydrogen) atoms. The van der Waals surface area contributed by atoms with Crippen LogP contribution in [0.3, 0.4) is 0 Å². The summed E-state index contributed by atoms with van der Waals surface area (Å²) in [7, 11) is 3.58. The number of rotatable bonds is 30. The molecule has 1 atom stereocenters. The molecule has 0 spiro atoms. The van der Waals surface area contributed by atoms with Gasteiger partial charge in [-0.2, -0.15) is 5.48 Å². The van der Waals surface area contributed by atoms with Gasteiger partial charge in [-0.05, 0) is 84.5 Å². The highest BCUT2D eigenvalue weighted by atomic mass is 16.8. The minimum atomic E-state index is -0.752. The second kappa shape index (κ2) is 28.7. The van der Waals surface area contributed by atoms with Crippen LogP contribution >= 0.6 is 0 Å². The molecule has 1 saturated carbocycles. The van der Waals surface area contributed by atoms with E-state index in [1.54, 1.807) is 14.1 Å². The summed E-state index contributed by atoms with van der Waals surface area (Å²) in [6, 6.07) is 0. The molecule has 0 heterocycles. The van der Waals surface area contributed by atoms with E-state index in [-0.39, 0.29) is 23.7 Å². The Morgan fingerprint density at radius 3 is 1.66 bits per heavy atom. The highest BCUT2D eigenvalue weighted by Gasteiger charge is 2.39. The van der Waals surface area contributed by atoms with E-state index >= 15 is 0 Å². The molecule has 0 aromatic carbocycles. The molecule has 1 aliphatic rings. The lowest BCUT2D eigenvalue weighted by Gasteiger charge is -2.34. The predicted octanol–water partition coefficient (Wildman–Crippen LogP) is 12.2. The Morgan fingerprint density at radius 1 is 0.661 bits per heavy atom. The van der Waals surface area contributed by atoms with E-state index in [1.807, 2.05) is 27.7 Å². The van der Waals surface area contributed by atoms with Gasteiger partial charge in [0.25, 0.3) is 0 Å². The molecule has 1 N–H and O–H groups in total. The van der Waals surface area contributed by atoms with Crippen LogP contribution in [0.4, 0.5) is 19.2 Å². The van der Waals surface area contributed by atoms with Gasteiger partial charge in [0.05, 0.1) is 0 Å². The summed E-state index contributed by atoms with van der Waals surface area (Å²) >= 11 is 0. The van der Waals surface area contributed by atoms with Crippen LogP contribution in [0.1, 0.15) is 203 Å². The van der Waals surface area contributed by atoms with Gasteiger partial charge in [-0.3, -0.25) is 4.84 Å². The summed E-state index contributed by atoms with van der Waals surface area (Å²) in [5, 5.41) is 0. The van der Waals surface area contributed by atoms with Crippen molar-refractivity contribution in [2.45, 2.75) is 214 Å². The van der Waals surface area contributed by atoms with Gasteiger partial charge < -0.3 is 14.3 Å². The Bertz CT molecular complexity index is 1090. The Hall–Kier alpha value is -2.60. The lowest BCUT2D eigenvalue weighted by molar-refractivity contribution is -1.06. The molecule has 1 aliphatic carbocycles. The smallest absolute Gasteiger partial charge is 0.443 e. The zero-order valence-corrected chi connectivity index (χ0v) is 37.5. The number of nitrogens with zero attached hydrogens (tertiary/aromatic N) is 3. The Labute approximate surface area is 341 Å². The summed E-state index contributed by atoms with van der Waals surface area (Å²) in [6.07, 6.45) is 21.4. The number of unbranched alkanes of at least 4 members (excludes halogenated alkanes) is 15. The molecule has 1 rings (SSSR count). The third-order valence-electron chi connectivity index (χ3n) is 11.8. The third kappa shape index (κ3) is 21.2.